The number of rotatable bonds is 5. The van der Waals surface area contributed by atoms with E-state index in [1.807, 2.05) is 32.0 Å². The van der Waals surface area contributed by atoms with Gasteiger partial charge in [0, 0.05) is 5.69 Å². The van der Waals surface area contributed by atoms with Crippen molar-refractivity contribution in [2.45, 2.75) is 33.7 Å². The van der Waals surface area contributed by atoms with Gasteiger partial charge >= 0.3 is 5.97 Å². The van der Waals surface area contributed by atoms with Gasteiger partial charge in [-0.15, -0.1) is 0 Å². The molecule has 0 aliphatic rings. The normalized spacial score (nSPS) is 12.0. The summed E-state index contributed by atoms with van der Waals surface area (Å²) in [7, 11) is 0. The third-order valence-corrected chi connectivity index (χ3v) is 4.42. The van der Waals surface area contributed by atoms with Gasteiger partial charge in [-0.1, -0.05) is 23.4 Å². The van der Waals surface area contributed by atoms with E-state index in [2.05, 4.69) is 15.5 Å². The van der Waals surface area contributed by atoms with Gasteiger partial charge in [-0.2, -0.15) is 0 Å². The fourth-order valence-electron chi connectivity index (χ4n) is 2.84. The Morgan fingerprint density at radius 2 is 1.96 bits per heavy atom. The fourth-order valence-corrected chi connectivity index (χ4v) is 2.84. The van der Waals surface area contributed by atoms with Crippen molar-refractivity contribution in [1.29, 1.82) is 0 Å². The molecule has 146 valence electrons. The summed E-state index contributed by atoms with van der Waals surface area (Å²) in [6.45, 7) is 7.09. The summed E-state index contributed by atoms with van der Waals surface area (Å²) in [5.41, 5.74) is 1.55. The largest absolute Gasteiger partial charge is 0.461 e. The van der Waals surface area contributed by atoms with Gasteiger partial charge in [-0.05, 0) is 38.8 Å². The molecule has 1 atom stereocenters. The number of carbonyl (C=O) groups is 2. The third-order valence-electron chi connectivity index (χ3n) is 4.42. The van der Waals surface area contributed by atoms with Crippen molar-refractivity contribution in [3.8, 4) is 0 Å². The molecule has 0 unspecified atom stereocenters. The number of amides is 1. The Hall–Kier alpha value is -3.49. The fraction of sp³-hybridized carbons (Fsp3) is 0.316. The van der Waals surface area contributed by atoms with Gasteiger partial charge in [0.2, 0.25) is 11.6 Å². The van der Waals surface area contributed by atoms with Gasteiger partial charge in [-0.25, -0.2) is 9.78 Å². The summed E-state index contributed by atoms with van der Waals surface area (Å²) in [6.07, 6.45) is 1.19. The number of esters is 1. The maximum Gasteiger partial charge on any atom is 0.361 e. The Morgan fingerprint density at radius 1 is 1.29 bits per heavy atom. The Labute approximate surface area is 160 Å². The molecule has 3 rings (SSSR count). The zero-order valence-electron chi connectivity index (χ0n) is 16.0. The SMILES string of the molecule is CCOC(=O)c1noc2ncn([C@H](C)C(=O)Nc3c(C)cccc3C)c(=O)c12. The number of nitrogens with zero attached hydrogens (tertiary/aromatic N) is 3. The molecular weight excluding hydrogens is 364 g/mol. The summed E-state index contributed by atoms with van der Waals surface area (Å²) in [6, 6.07) is 4.79. The van der Waals surface area contributed by atoms with Gasteiger partial charge < -0.3 is 14.6 Å². The number of aryl methyl sites for hydroxylation is 2. The van der Waals surface area contributed by atoms with E-state index in [4.69, 9.17) is 9.26 Å². The summed E-state index contributed by atoms with van der Waals surface area (Å²) in [5.74, 6) is -1.18. The van der Waals surface area contributed by atoms with E-state index in [1.165, 1.54) is 6.33 Å². The minimum absolute atomic E-state index is 0.0911. The number of benzene rings is 1. The van der Waals surface area contributed by atoms with Crippen LogP contribution < -0.4 is 10.9 Å². The molecule has 0 aliphatic heterocycles. The number of aromatic nitrogens is 3. The van der Waals surface area contributed by atoms with Crippen LogP contribution in [0.1, 0.15) is 41.5 Å². The second kappa shape index (κ2) is 7.63. The molecule has 9 heteroatoms. The van der Waals surface area contributed by atoms with Crippen molar-refractivity contribution in [3.63, 3.8) is 0 Å². The third kappa shape index (κ3) is 3.38. The Kier molecular flexibility index (Phi) is 5.25. The molecular formula is C19H20N4O5. The molecule has 0 aliphatic carbocycles. The number of hydrogen-bond acceptors (Lipinski definition) is 7. The second-order valence-electron chi connectivity index (χ2n) is 6.32. The topological polar surface area (TPSA) is 116 Å². The van der Waals surface area contributed by atoms with Crippen LogP contribution >= 0.6 is 0 Å². The Balaban J connectivity index is 1.97. The molecule has 0 fully saturated rings. The van der Waals surface area contributed by atoms with E-state index in [0.29, 0.717) is 5.69 Å². The van der Waals surface area contributed by atoms with Crippen molar-refractivity contribution < 1.29 is 18.8 Å². The molecule has 0 radical (unpaired) electrons. The number of anilines is 1. The standard InChI is InChI=1S/C19H20N4O5/c1-5-27-19(26)15-13-17(28-22-15)20-9-23(18(13)25)12(4)16(24)21-14-10(2)7-6-8-11(14)3/h6-9,12H,5H2,1-4H3,(H,21,24)/t12-/m1/s1. The molecule has 1 N–H and O–H groups in total. The molecule has 0 saturated carbocycles. The first kappa shape index (κ1) is 19.3. The highest BCUT2D eigenvalue weighted by molar-refractivity contribution is 6.00. The van der Waals surface area contributed by atoms with Gasteiger partial charge in [-0.3, -0.25) is 14.2 Å². The first-order valence-corrected chi connectivity index (χ1v) is 8.75. The van der Waals surface area contributed by atoms with Crippen molar-refractivity contribution >= 4 is 28.7 Å². The highest BCUT2D eigenvalue weighted by Crippen LogP contribution is 2.21. The predicted molar refractivity (Wildman–Crippen MR) is 101 cm³/mol. The lowest BCUT2D eigenvalue weighted by atomic mass is 10.1. The van der Waals surface area contributed by atoms with E-state index in [0.717, 1.165) is 15.7 Å². The number of para-hydroxylation sites is 1. The highest BCUT2D eigenvalue weighted by Gasteiger charge is 2.25. The molecule has 2 aromatic heterocycles. The van der Waals surface area contributed by atoms with E-state index < -0.39 is 23.5 Å². The predicted octanol–water partition coefficient (Wildman–Crippen LogP) is 2.38. The average molecular weight is 384 g/mol. The van der Waals surface area contributed by atoms with Gasteiger partial charge in [0.15, 0.2) is 0 Å². The first-order valence-electron chi connectivity index (χ1n) is 8.75. The van der Waals surface area contributed by atoms with Crippen LogP contribution in [0.3, 0.4) is 0 Å². The maximum atomic E-state index is 12.9. The minimum Gasteiger partial charge on any atom is -0.461 e. The highest BCUT2D eigenvalue weighted by atomic mass is 16.5. The average Bonchev–Trinajstić information content (AvgIpc) is 3.10. The summed E-state index contributed by atoms with van der Waals surface area (Å²) < 4.78 is 11.0. The second-order valence-corrected chi connectivity index (χ2v) is 6.32. The minimum atomic E-state index is -0.881. The van der Waals surface area contributed by atoms with Gasteiger partial charge in [0.05, 0.1) is 6.61 Å². The zero-order chi connectivity index (χ0) is 20.4. The maximum absolute atomic E-state index is 12.9. The number of hydrogen-bond donors (Lipinski definition) is 1. The van der Waals surface area contributed by atoms with Crippen molar-refractivity contribution in [2.24, 2.45) is 0 Å². The number of nitrogens with one attached hydrogen (secondary N) is 1. The van der Waals surface area contributed by atoms with E-state index in [9.17, 15) is 14.4 Å². The molecule has 0 spiro atoms. The molecule has 3 aromatic rings. The van der Waals surface area contributed by atoms with Crippen LogP contribution in [-0.2, 0) is 9.53 Å². The van der Waals surface area contributed by atoms with Crippen LogP contribution in [0.25, 0.3) is 11.1 Å². The van der Waals surface area contributed by atoms with Crippen LogP contribution in [0.15, 0.2) is 33.8 Å². The zero-order valence-corrected chi connectivity index (χ0v) is 16.0. The molecule has 9 nitrogen and oxygen atoms in total. The number of ether oxygens (including phenoxy) is 1. The first-order chi connectivity index (χ1) is 13.3. The molecule has 0 bridgehead atoms. The smallest absolute Gasteiger partial charge is 0.361 e. The lowest BCUT2D eigenvalue weighted by molar-refractivity contribution is -0.118. The summed E-state index contributed by atoms with van der Waals surface area (Å²) >= 11 is 0. The van der Waals surface area contributed by atoms with Crippen LogP contribution in [0, 0.1) is 13.8 Å². The molecule has 1 aromatic carbocycles. The summed E-state index contributed by atoms with van der Waals surface area (Å²) in [5, 5.41) is 6.31. The molecule has 1 amide bonds. The van der Waals surface area contributed by atoms with Crippen molar-refractivity contribution in [3.05, 3.63) is 51.7 Å². The van der Waals surface area contributed by atoms with Crippen molar-refractivity contribution in [2.75, 3.05) is 11.9 Å². The van der Waals surface area contributed by atoms with Crippen LogP contribution in [-0.4, -0.2) is 33.2 Å². The lowest BCUT2D eigenvalue weighted by Gasteiger charge is -2.17. The van der Waals surface area contributed by atoms with Gasteiger partial charge in [0.1, 0.15) is 17.8 Å². The van der Waals surface area contributed by atoms with Crippen molar-refractivity contribution in [1.82, 2.24) is 14.7 Å². The molecule has 0 saturated heterocycles. The summed E-state index contributed by atoms with van der Waals surface area (Å²) in [4.78, 5) is 41.6. The van der Waals surface area contributed by atoms with E-state index >= 15 is 0 Å². The molecule has 28 heavy (non-hydrogen) atoms. The lowest BCUT2D eigenvalue weighted by Crippen LogP contribution is -2.32. The Bertz CT molecular complexity index is 1090. The monoisotopic (exact) mass is 384 g/mol. The van der Waals surface area contributed by atoms with Crippen LogP contribution in [0.4, 0.5) is 5.69 Å². The van der Waals surface area contributed by atoms with E-state index in [-0.39, 0.29) is 23.4 Å². The van der Waals surface area contributed by atoms with Crippen LogP contribution in [0.5, 0.6) is 0 Å². The van der Waals surface area contributed by atoms with Crippen LogP contribution in [0.2, 0.25) is 0 Å². The van der Waals surface area contributed by atoms with E-state index in [1.54, 1.807) is 13.8 Å². The molecule has 2 heterocycles. The quantitative estimate of drug-likeness (QED) is 0.671. The number of fused-ring (bicyclic) bond motifs is 1. The number of carbonyl (C=O) groups excluding carboxylic acids is 2. The Morgan fingerprint density at radius 3 is 2.61 bits per heavy atom. The van der Waals surface area contributed by atoms with Gasteiger partial charge in [0.25, 0.3) is 11.3 Å².